The Morgan fingerprint density at radius 2 is 1.09 bits per heavy atom. The molecular weight excluding hydrogens is 544 g/mol. The van der Waals surface area contributed by atoms with Crippen LogP contribution in [0.25, 0.3) is 0 Å². The largest absolute Gasteiger partial charge is 0.393 e. The van der Waals surface area contributed by atoms with Crippen LogP contribution in [0, 0.1) is 16.7 Å². The Kier molecular flexibility index (Phi) is 9.85. The molecule has 2 heterocycles. The van der Waals surface area contributed by atoms with Gasteiger partial charge in [0, 0.05) is 23.7 Å². The van der Waals surface area contributed by atoms with Crippen LogP contribution in [0.1, 0.15) is 101 Å². The topological polar surface area (TPSA) is 65.5 Å². The number of hydrogen-bond acceptors (Lipinski definition) is 4. The monoisotopic (exact) mass is 602 g/mol. The van der Waals surface area contributed by atoms with E-state index in [2.05, 4.69) is 148 Å². The van der Waals surface area contributed by atoms with Crippen LogP contribution in [-0.2, 0) is 9.47 Å². The van der Waals surface area contributed by atoms with Gasteiger partial charge in [-0.2, -0.15) is 0 Å². The van der Waals surface area contributed by atoms with E-state index in [9.17, 15) is 10.2 Å². The summed E-state index contributed by atoms with van der Waals surface area (Å²) in [6.07, 6.45) is 31.6. The zero-order valence-corrected chi connectivity index (χ0v) is 29.0. The summed E-state index contributed by atoms with van der Waals surface area (Å²) in [5.74, 6) is 0.447. The molecule has 2 aliphatic carbocycles. The molecule has 2 saturated carbocycles. The molecule has 0 aromatic carbocycles. The second kappa shape index (κ2) is 12.5. The van der Waals surface area contributed by atoms with Gasteiger partial charge in [-0.1, -0.05) is 118 Å². The van der Waals surface area contributed by atoms with Crippen LogP contribution in [0.4, 0.5) is 0 Å². The molecule has 44 heavy (non-hydrogen) atoms. The van der Waals surface area contributed by atoms with Gasteiger partial charge in [0.1, 0.15) is 22.4 Å². The van der Waals surface area contributed by atoms with E-state index >= 15 is 0 Å². The van der Waals surface area contributed by atoms with E-state index < -0.39 is 0 Å². The van der Waals surface area contributed by atoms with Crippen molar-refractivity contribution >= 4 is 0 Å². The van der Waals surface area contributed by atoms with Crippen LogP contribution >= 0.6 is 0 Å². The minimum absolute atomic E-state index is 0.0878. The Labute approximate surface area is 267 Å². The number of allylic oxidation sites excluding steroid dienone is 14. The second-order valence-electron chi connectivity index (χ2n) is 15.8. The average molecular weight is 603 g/mol. The summed E-state index contributed by atoms with van der Waals surface area (Å²) in [5, 5.41) is 20.5. The third-order valence-corrected chi connectivity index (χ3v) is 10.7. The zero-order chi connectivity index (χ0) is 32.6. The van der Waals surface area contributed by atoms with Crippen molar-refractivity contribution < 1.29 is 19.7 Å². The smallest absolute Gasteiger partial charge is 0.121 e. The van der Waals surface area contributed by atoms with Gasteiger partial charge in [0.15, 0.2) is 0 Å². The van der Waals surface area contributed by atoms with Crippen molar-refractivity contribution in [2.45, 2.75) is 136 Å². The Morgan fingerprint density at radius 1 is 0.659 bits per heavy atom. The van der Waals surface area contributed by atoms with Crippen LogP contribution in [0.2, 0.25) is 0 Å². The molecule has 0 aromatic heterocycles. The fourth-order valence-electron chi connectivity index (χ4n) is 8.16. The molecule has 4 rings (SSSR count). The van der Waals surface area contributed by atoms with Gasteiger partial charge >= 0.3 is 0 Å². The quantitative estimate of drug-likeness (QED) is 0.183. The normalized spacial score (nSPS) is 39.5. The first-order valence-electron chi connectivity index (χ1n) is 16.6. The highest BCUT2D eigenvalue weighted by molar-refractivity contribution is 5.37. The molecule has 0 spiro atoms. The highest BCUT2D eigenvalue weighted by atomic mass is 16.6. The number of fused-ring (bicyclic) bond motifs is 2. The van der Waals surface area contributed by atoms with Crippen molar-refractivity contribution in [2.75, 3.05) is 0 Å². The molecule has 2 N–H and O–H groups in total. The first-order chi connectivity index (χ1) is 20.4. The molecule has 0 aromatic rings. The van der Waals surface area contributed by atoms with E-state index in [-0.39, 0.29) is 45.4 Å². The fraction of sp³-hybridized carbons (Fsp3) is 0.600. The van der Waals surface area contributed by atoms with E-state index in [1.54, 1.807) is 0 Å². The molecule has 4 aliphatic rings. The summed E-state index contributed by atoms with van der Waals surface area (Å²) in [5.41, 5.74) is 2.30. The van der Waals surface area contributed by atoms with Gasteiger partial charge in [-0.3, -0.25) is 0 Å². The van der Waals surface area contributed by atoms with Gasteiger partial charge in [-0.05, 0) is 72.0 Å². The zero-order valence-electron chi connectivity index (χ0n) is 29.0. The van der Waals surface area contributed by atoms with Crippen LogP contribution < -0.4 is 0 Å². The highest BCUT2D eigenvalue weighted by Crippen LogP contribution is 2.67. The van der Waals surface area contributed by atoms with Crippen molar-refractivity contribution in [2.24, 2.45) is 16.7 Å². The molecular formula is C40H58O4. The number of ether oxygens (including phenoxy) is 2. The van der Waals surface area contributed by atoms with E-state index in [0.717, 1.165) is 19.3 Å². The number of aliphatic hydroxyl groups is 2. The van der Waals surface area contributed by atoms with E-state index in [1.807, 2.05) is 0 Å². The highest BCUT2D eigenvalue weighted by Gasteiger charge is 2.75. The predicted molar refractivity (Wildman–Crippen MR) is 183 cm³/mol. The molecule has 4 fully saturated rings. The molecule has 7 atom stereocenters. The van der Waals surface area contributed by atoms with Gasteiger partial charge in [0.05, 0.1) is 12.2 Å². The Balaban J connectivity index is 1.22. The van der Waals surface area contributed by atoms with Gasteiger partial charge in [0.25, 0.3) is 0 Å². The van der Waals surface area contributed by atoms with Crippen LogP contribution in [0.15, 0.2) is 95.7 Å². The molecule has 0 amide bonds. The van der Waals surface area contributed by atoms with Crippen LogP contribution in [0.5, 0.6) is 0 Å². The molecule has 0 radical (unpaired) electrons. The maximum Gasteiger partial charge on any atom is 0.121 e. The summed E-state index contributed by atoms with van der Waals surface area (Å²) in [6.45, 7) is 21.7. The molecule has 0 bridgehead atoms. The number of hydrogen-bond donors (Lipinski definition) is 2. The van der Waals surface area contributed by atoms with Crippen LogP contribution in [0.3, 0.4) is 0 Å². The molecule has 2 aliphatic heterocycles. The maximum atomic E-state index is 10.3. The van der Waals surface area contributed by atoms with Gasteiger partial charge in [-0.15, -0.1) is 0 Å². The number of aliphatic hydroxyl groups excluding tert-OH is 2. The van der Waals surface area contributed by atoms with Gasteiger partial charge in [-0.25, -0.2) is 0 Å². The summed E-state index contributed by atoms with van der Waals surface area (Å²) in [6, 6.07) is 0. The Hall–Kier alpha value is -2.24. The van der Waals surface area contributed by atoms with Crippen molar-refractivity contribution in [3.05, 3.63) is 95.7 Å². The lowest BCUT2D eigenvalue weighted by atomic mass is 9.63. The third-order valence-electron chi connectivity index (χ3n) is 10.7. The van der Waals surface area contributed by atoms with Gasteiger partial charge in [0.2, 0.25) is 0 Å². The number of rotatable bonds is 11. The minimum atomic E-state index is -0.288. The molecule has 242 valence electrons. The number of epoxide rings is 2. The lowest BCUT2D eigenvalue weighted by Gasteiger charge is -2.39. The summed E-state index contributed by atoms with van der Waals surface area (Å²) in [4.78, 5) is 0. The third kappa shape index (κ3) is 6.94. The van der Waals surface area contributed by atoms with E-state index in [0.29, 0.717) is 18.8 Å². The first kappa shape index (κ1) is 34.6. The first-order valence-corrected chi connectivity index (χ1v) is 16.6. The minimum Gasteiger partial charge on any atom is -0.393 e. The lowest BCUT2D eigenvalue weighted by molar-refractivity contribution is 0.0510. The van der Waals surface area contributed by atoms with Crippen LogP contribution in [-0.4, -0.2) is 44.8 Å². The van der Waals surface area contributed by atoms with Crippen molar-refractivity contribution in [1.82, 2.24) is 0 Å². The maximum absolute atomic E-state index is 10.3. The standard InChI is InChI=1S/C40H58O4/c1-29(17-13-19-31(3)21-23-39-35(5,6)25-33(41)27-37(39,9)43-39)15-11-12-16-30(2)18-14-20-32(4)22-24-40-36(7,8)26-34(42)28-38(40,10)44-40/h11-15,17-24,30,33-34,41-42H,16,25-28H2,1-10H3/b12-11+,17-13+,18-14+,23-21+,24-22+,29-15+,31-19+,32-20+/t30-,33+,34+,37-,38-,39+,40+/m1/s1. The SMILES string of the molecule is CC(/C=C/C=C(C)/C=C/[C@@]12O[C@]1(C)C[C@@H](O)CC2(C)C)=C\C=C\C[C@@H](C)/C=C/C=C(C)/C=C/[C@@]12O[C@]1(C)C[C@@H](O)CC2(C)C. The summed E-state index contributed by atoms with van der Waals surface area (Å²) < 4.78 is 12.5. The van der Waals surface area contributed by atoms with Crippen molar-refractivity contribution in [1.29, 1.82) is 0 Å². The lowest BCUT2D eigenvalue weighted by Crippen LogP contribution is -2.46. The van der Waals surface area contributed by atoms with Gasteiger partial charge < -0.3 is 19.7 Å². The fourth-order valence-corrected chi connectivity index (χ4v) is 8.16. The summed E-state index contributed by atoms with van der Waals surface area (Å²) >= 11 is 0. The average Bonchev–Trinajstić information content (AvgIpc) is 3.73. The molecule has 4 heteroatoms. The second-order valence-corrected chi connectivity index (χ2v) is 15.8. The molecule has 4 nitrogen and oxygen atoms in total. The predicted octanol–water partition coefficient (Wildman–Crippen LogP) is 9.05. The van der Waals surface area contributed by atoms with E-state index in [4.69, 9.17) is 9.47 Å². The van der Waals surface area contributed by atoms with Crippen molar-refractivity contribution in [3.8, 4) is 0 Å². The molecule has 2 saturated heterocycles. The molecule has 0 unspecified atom stereocenters. The van der Waals surface area contributed by atoms with E-state index in [1.165, 1.54) is 16.7 Å². The Morgan fingerprint density at radius 3 is 1.57 bits per heavy atom. The Bertz CT molecular complexity index is 1320. The summed E-state index contributed by atoms with van der Waals surface area (Å²) in [7, 11) is 0. The van der Waals surface area contributed by atoms with Crippen molar-refractivity contribution in [3.63, 3.8) is 0 Å².